The van der Waals surface area contributed by atoms with Gasteiger partial charge in [0.15, 0.2) is 11.4 Å². The number of carbonyl (C=O) groups excluding carboxylic acids is 1. The number of nitrogens with one attached hydrogen (secondary N) is 3. The number of piperidine rings is 1. The first-order valence-electron chi connectivity index (χ1n) is 23.6. The molecule has 2 saturated carbocycles. The van der Waals surface area contributed by atoms with Gasteiger partial charge in [-0.15, -0.1) is 0 Å². The van der Waals surface area contributed by atoms with Crippen molar-refractivity contribution in [1.29, 1.82) is 0 Å². The molecule has 6 heterocycles. The molecule has 348 valence electrons. The summed E-state index contributed by atoms with van der Waals surface area (Å²) in [5.41, 5.74) is 5.00. The SMILES string of the molecule is CC(C)c1ccccc1[C@H]1CCCN1C1CC2(CCN(c3ccc(C(=O)NS(=O)(=O)c4cc5c(c([N+](=O)[O-])n4)N[C@@H](C4CCC(C)(C)CC4)CO5)c(Oc4cnc5[nH]ccc5c4)c3)CC2)C1. The zero-order valence-electron chi connectivity index (χ0n) is 38.2. The maximum Gasteiger partial charge on any atom is 0.392 e. The van der Waals surface area contributed by atoms with Crippen LogP contribution >= 0.6 is 0 Å². The highest BCUT2D eigenvalue weighted by Gasteiger charge is 2.50. The highest BCUT2D eigenvalue weighted by Crippen LogP contribution is 2.54. The molecule has 5 aliphatic rings. The third-order valence-electron chi connectivity index (χ3n) is 15.4. The molecule has 1 amide bonds. The number of hydrogen-bond acceptors (Lipinski definition) is 12. The Balaban J connectivity index is 0.855. The second-order valence-corrected chi connectivity index (χ2v) is 22.1. The van der Waals surface area contributed by atoms with E-state index < -0.39 is 31.7 Å². The van der Waals surface area contributed by atoms with Gasteiger partial charge in [0, 0.05) is 54.6 Å². The fourth-order valence-electron chi connectivity index (χ4n) is 11.5. The first kappa shape index (κ1) is 44.1. The van der Waals surface area contributed by atoms with E-state index in [4.69, 9.17) is 9.47 Å². The van der Waals surface area contributed by atoms with Gasteiger partial charge >= 0.3 is 15.8 Å². The number of pyridine rings is 2. The van der Waals surface area contributed by atoms with E-state index in [2.05, 4.69) is 86.8 Å². The van der Waals surface area contributed by atoms with Crippen LogP contribution in [0.15, 0.2) is 78.1 Å². The number of aromatic amines is 1. The number of benzene rings is 2. The quantitative estimate of drug-likeness (QED) is 0.0843. The van der Waals surface area contributed by atoms with Gasteiger partial charge in [0.1, 0.15) is 23.8 Å². The average Bonchev–Trinajstić information content (AvgIpc) is 3.98. The lowest BCUT2D eigenvalue weighted by Crippen LogP contribution is -2.54. The van der Waals surface area contributed by atoms with Gasteiger partial charge in [-0.1, -0.05) is 52.0 Å². The van der Waals surface area contributed by atoms with E-state index in [1.807, 2.05) is 12.1 Å². The van der Waals surface area contributed by atoms with E-state index in [0.29, 0.717) is 34.8 Å². The number of nitro groups is 1. The first-order valence-corrected chi connectivity index (χ1v) is 25.1. The van der Waals surface area contributed by atoms with Crippen LogP contribution in [0.3, 0.4) is 0 Å². The van der Waals surface area contributed by atoms with Crippen molar-refractivity contribution >= 4 is 44.2 Å². The summed E-state index contributed by atoms with van der Waals surface area (Å²) in [5.74, 6) is -0.447. The van der Waals surface area contributed by atoms with Crippen molar-refractivity contribution in [3.63, 3.8) is 0 Å². The number of amides is 1. The fourth-order valence-corrected chi connectivity index (χ4v) is 12.5. The predicted molar refractivity (Wildman–Crippen MR) is 253 cm³/mol. The minimum absolute atomic E-state index is 0.00803. The molecule has 4 fully saturated rings. The third kappa shape index (κ3) is 8.57. The number of H-pyrrole nitrogens is 1. The van der Waals surface area contributed by atoms with Gasteiger partial charge in [-0.3, -0.25) is 9.69 Å². The molecule has 5 aromatic rings. The molecule has 2 saturated heterocycles. The fraction of sp³-hybridized carbons (Fsp3) is 0.500. The van der Waals surface area contributed by atoms with Crippen LogP contribution in [-0.2, 0) is 10.0 Å². The number of likely N-dealkylation sites (tertiary alicyclic amines) is 1. The number of ether oxygens (including phenoxy) is 2. The van der Waals surface area contributed by atoms with Crippen LogP contribution in [0.5, 0.6) is 17.2 Å². The molecule has 3 N–H and O–H groups in total. The van der Waals surface area contributed by atoms with Gasteiger partial charge in [-0.05, 0) is 139 Å². The van der Waals surface area contributed by atoms with E-state index in [9.17, 15) is 23.3 Å². The van der Waals surface area contributed by atoms with Crippen molar-refractivity contribution in [3.8, 4) is 17.2 Å². The molecule has 15 nitrogen and oxygen atoms in total. The second-order valence-electron chi connectivity index (χ2n) is 20.5. The van der Waals surface area contributed by atoms with Gasteiger partial charge in [-0.25, -0.2) is 9.71 Å². The van der Waals surface area contributed by atoms with Gasteiger partial charge in [0.05, 0.1) is 17.8 Å². The Morgan fingerprint density at radius 1 is 1.00 bits per heavy atom. The smallest absolute Gasteiger partial charge is 0.392 e. The summed E-state index contributed by atoms with van der Waals surface area (Å²) in [6.45, 7) is 12.1. The molecule has 2 aliphatic carbocycles. The molecular weight excluding hydrogens is 857 g/mol. The number of nitrogens with zero attached hydrogens (tertiary/aromatic N) is 5. The number of fused-ring (bicyclic) bond motifs is 2. The number of hydrogen-bond donors (Lipinski definition) is 3. The molecule has 2 atom stereocenters. The monoisotopic (exact) mass is 916 g/mol. The second kappa shape index (κ2) is 17.2. The number of sulfonamides is 1. The van der Waals surface area contributed by atoms with Gasteiger partial charge < -0.3 is 34.8 Å². The standard InChI is InChI=1S/C50H60N8O7S/c1-31(2)37-8-5-6-9-38(37)41-10-7-21-57(41)35-27-50(28-35)18-22-56(23-19-50)34-11-12-39(42(25-34)65-36-24-33-15-20-51-46(33)52-29-36)48(59)55-66(62,63)44-26-43-45(47(54-44)58(60)61)53-40(30-64-43)32-13-16-49(3,4)17-14-32/h5-6,8-9,11-12,15,20,24-26,29,31-32,35,40-41,53H,7,10,13-14,16-19,21-23,27-28,30H2,1-4H3,(H,51,52)(H,55,59)/t40-,41-/m1/s1. The molecule has 1 spiro atoms. The molecule has 16 heteroatoms. The predicted octanol–water partition coefficient (Wildman–Crippen LogP) is 9.88. The van der Waals surface area contributed by atoms with Crippen LogP contribution in [0.4, 0.5) is 17.2 Å². The molecule has 10 rings (SSSR count). The summed E-state index contributed by atoms with van der Waals surface area (Å²) in [6, 6.07) is 19.8. The van der Waals surface area contributed by atoms with Gasteiger partial charge in [-0.2, -0.15) is 8.42 Å². The molecule has 2 aromatic carbocycles. The van der Waals surface area contributed by atoms with Gasteiger partial charge in [0.25, 0.3) is 10.9 Å². The van der Waals surface area contributed by atoms with Crippen molar-refractivity contribution < 1.29 is 27.6 Å². The van der Waals surface area contributed by atoms with Crippen LogP contribution in [0.1, 0.15) is 125 Å². The Morgan fingerprint density at radius 2 is 1.77 bits per heavy atom. The maximum atomic E-state index is 14.1. The van der Waals surface area contributed by atoms with Crippen molar-refractivity contribution in [2.24, 2.45) is 16.7 Å². The first-order chi connectivity index (χ1) is 31.6. The molecule has 0 bridgehead atoms. The lowest BCUT2D eigenvalue weighted by atomic mass is 9.59. The number of anilines is 2. The minimum atomic E-state index is -4.74. The van der Waals surface area contributed by atoms with Crippen molar-refractivity contribution in [1.82, 2.24) is 24.6 Å². The summed E-state index contributed by atoms with van der Waals surface area (Å²) in [4.78, 5) is 42.3. The molecule has 3 aromatic heterocycles. The molecule has 0 unspecified atom stereocenters. The van der Waals surface area contributed by atoms with E-state index in [0.717, 1.165) is 75.3 Å². The van der Waals surface area contributed by atoms with E-state index >= 15 is 0 Å². The number of rotatable bonds is 11. The Bertz CT molecular complexity index is 2770. The lowest BCUT2D eigenvalue weighted by molar-refractivity contribution is -0.389. The Labute approximate surface area is 386 Å². The highest BCUT2D eigenvalue weighted by atomic mass is 32.2. The number of carbonyl (C=O) groups is 1. The Kier molecular flexibility index (Phi) is 11.5. The summed E-state index contributed by atoms with van der Waals surface area (Å²) >= 11 is 0. The van der Waals surface area contributed by atoms with Crippen molar-refractivity contribution in [3.05, 3.63) is 99.9 Å². The summed E-state index contributed by atoms with van der Waals surface area (Å²) in [6.07, 6.45) is 14.2. The van der Waals surface area contributed by atoms with Crippen molar-refractivity contribution in [2.75, 3.05) is 36.5 Å². The van der Waals surface area contributed by atoms with E-state index in [1.54, 1.807) is 24.4 Å². The van der Waals surface area contributed by atoms with Crippen LogP contribution in [0.2, 0.25) is 0 Å². The van der Waals surface area contributed by atoms with Crippen LogP contribution in [0, 0.1) is 26.9 Å². The zero-order chi connectivity index (χ0) is 46.0. The minimum Gasteiger partial charge on any atom is -0.489 e. The van der Waals surface area contributed by atoms with E-state index in [-0.39, 0.29) is 46.7 Å². The molecule has 66 heavy (non-hydrogen) atoms. The van der Waals surface area contributed by atoms with Crippen LogP contribution in [-0.4, -0.2) is 77.4 Å². The summed E-state index contributed by atoms with van der Waals surface area (Å²) < 4.78 is 42.3. The maximum absolute atomic E-state index is 14.1. The normalized spacial score (nSPS) is 22.1. The number of aromatic nitrogens is 3. The van der Waals surface area contributed by atoms with Crippen molar-refractivity contribution in [2.45, 2.75) is 121 Å². The zero-order valence-corrected chi connectivity index (χ0v) is 39.0. The topological polar surface area (TPSA) is 185 Å². The largest absolute Gasteiger partial charge is 0.489 e. The Morgan fingerprint density at radius 3 is 2.53 bits per heavy atom. The summed E-state index contributed by atoms with van der Waals surface area (Å²) in [5, 5.41) is 15.7. The van der Waals surface area contributed by atoms with Crippen LogP contribution in [0.25, 0.3) is 11.0 Å². The highest BCUT2D eigenvalue weighted by molar-refractivity contribution is 7.90. The average molecular weight is 917 g/mol. The molecular formula is C50H60N8O7S. The third-order valence-corrected chi connectivity index (χ3v) is 16.6. The molecule has 3 aliphatic heterocycles. The lowest BCUT2D eigenvalue weighted by Gasteiger charge is -2.56. The van der Waals surface area contributed by atoms with Crippen LogP contribution < -0.4 is 24.4 Å². The van der Waals surface area contributed by atoms with Gasteiger partial charge in [0.2, 0.25) is 0 Å². The Hall–Kier alpha value is -5.74. The summed E-state index contributed by atoms with van der Waals surface area (Å²) in [7, 11) is -4.74. The van der Waals surface area contributed by atoms with E-state index in [1.165, 1.54) is 43.0 Å². The molecule has 0 radical (unpaired) electrons.